The Kier molecular flexibility index (Phi) is 5.71. The lowest BCUT2D eigenvalue weighted by molar-refractivity contribution is -0.136. The van der Waals surface area contributed by atoms with Crippen LogP contribution in [0, 0.1) is 0 Å². The number of rotatable bonds is 4. The van der Waals surface area contributed by atoms with E-state index in [1.54, 1.807) is 36.4 Å². The second kappa shape index (κ2) is 8.47. The van der Waals surface area contributed by atoms with E-state index in [1.165, 1.54) is 29.0 Å². The summed E-state index contributed by atoms with van der Waals surface area (Å²) in [5.74, 6) is -0.942. The number of halogens is 4. The number of pyridine rings is 2. The highest BCUT2D eigenvalue weighted by molar-refractivity contribution is 6.30. The Labute approximate surface area is 185 Å². The minimum Gasteiger partial charge on any atom is -0.321 e. The van der Waals surface area contributed by atoms with Gasteiger partial charge in [-0.2, -0.15) is 13.2 Å². The summed E-state index contributed by atoms with van der Waals surface area (Å²) in [7, 11) is 0. The van der Waals surface area contributed by atoms with E-state index in [-0.39, 0.29) is 12.1 Å². The number of benzene rings is 2. The third-order valence-corrected chi connectivity index (χ3v) is 5.08. The lowest BCUT2D eigenvalue weighted by Gasteiger charge is -2.15. The lowest BCUT2D eigenvalue weighted by atomic mass is 10.1. The maximum absolute atomic E-state index is 13.3. The number of alkyl halides is 3. The van der Waals surface area contributed by atoms with Gasteiger partial charge in [-0.1, -0.05) is 35.9 Å². The third-order valence-electron chi connectivity index (χ3n) is 4.83. The molecule has 0 aliphatic heterocycles. The smallest absolute Gasteiger partial charge is 0.321 e. The summed E-state index contributed by atoms with van der Waals surface area (Å²) in [6.07, 6.45) is -3.15. The number of nitrogens with one attached hydrogen (secondary N) is 1. The van der Waals surface area contributed by atoms with Crippen molar-refractivity contribution in [3.8, 4) is 0 Å². The molecular formula is C23H15ClF3N3O2. The molecule has 0 saturated carbocycles. The number of fused-ring (bicyclic) bond motifs is 1. The fourth-order valence-electron chi connectivity index (χ4n) is 3.32. The molecule has 5 nitrogen and oxygen atoms in total. The van der Waals surface area contributed by atoms with Crippen LogP contribution in [0.3, 0.4) is 0 Å². The van der Waals surface area contributed by atoms with E-state index in [2.05, 4.69) is 10.3 Å². The average Bonchev–Trinajstić information content (AvgIpc) is 2.76. The van der Waals surface area contributed by atoms with Crippen molar-refractivity contribution in [2.45, 2.75) is 12.7 Å². The molecule has 2 aromatic heterocycles. The van der Waals surface area contributed by atoms with Crippen molar-refractivity contribution < 1.29 is 18.0 Å². The van der Waals surface area contributed by atoms with Crippen LogP contribution in [0.4, 0.5) is 18.9 Å². The zero-order valence-electron chi connectivity index (χ0n) is 16.4. The molecule has 0 unspecified atom stereocenters. The molecule has 4 aromatic rings. The van der Waals surface area contributed by atoms with Crippen molar-refractivity contribution >= 4 is 34.2 Å². The van der Waals surface area contributed by atoms with Gasteiger partial charge in [-0.3, -0.25) is 14.2 Å². The molecule has 2 aromatic carbocycles. The first kappa shape index (κ1) is 21.6. The number of amides is 1. The molecule has 0 aliphatic carbocycles. The second-order valence-corrected chi connectivity index (χ2v) is 7.43. The molecular weight excluding hydrogens is 443 g/mol. The monoisotopic (exact) mass is 457 g/mol. The van der Waals surface area contributed by atoms with Crippen LogP contribution in [-0.4, -0.2) is 15.5 Å². The number of aromatic nitrogens is 2. The molecule has 0 saturated heterocycles. The molecule has 4 rings (SSSR count). The first-order chi connectivity index (χ1) is 15.2. The van der Waals surface area contributed by atoms with Gasteiger partial charge in [0, 0.05) is 16.6 Å². The number of carbonyl (C=O) groups excluding carboxylic acids is 1. The summed E-state index contributed by atoms with van der Waals surface area (Å²) in [6.45, 7) is 0.101. The number of para-hydroxylation sites is 1. The molecule has 32 heavy (non-hydrogen) atoms. The summed E-state index contributed by atoms with van der Waals surface area (Å²) < 4.78 is 41.2. The van der Waals surface area contributed by atoms with Crippen LogP contribution in [0.2, 0.25) is 5.02 Å². The Morgan fingerprint density at radius 2 is 1.75 bits per heavy atom. The van der Waals surface area contributed by atoms with E-state index in [4.69, 9.17) is 11.6 Å². The highest BCUT2D eigenvalue weighted by atomic mass is 35.5. The molecule has 0 radical (unpaired) electrons. The summed E-state index contributed by atoms with van der Waals surface area (Å²) in [6, 6.07) is 16.0. The molecule has 1 amide bonds. The summed E-state index contributed by atoms with van der Waals surface area (Å²) in [5, 5.41) is 3.25. The zero-order valence-corrected chi connectivity index (χ0v) is 17.1. The van der Waals surface area contributed by atoms with Gasteiger partial charge in [-0.25, -0.2) is 4.98 Å². The quantitative estimate of drug-likeness (QED) is 0.448. The van der Waals surface area contributed by atoms with Crippen LogP contribution >= 0.6 is 11.6 Å². The third kappa shape index (κ3) is 4.36. The van der Waals surface area contributed by atoms with E-state index in [9.17, 15) is 22.8 Å². The number of anilines is 1. The van der Waals surface area contributed by atoms with E-state index in [0.29, 0.717) is 16.1 Å². The van der Waals surface area contributed by atoms with Gasteiger partial charge in [0.05, 0.1) is 17.8 Å². The number of carbonyl (C=O) groups is 1. The molecule has 1 N–H and O–H groups in total. The predicted octanol–water partition coefficient (Wildman–Crippen LogP) is 5.37. The van der Waals surface area contributed by atoms with Crippen LogP contribution in [0.1, 0.15) is 21.5 Å². The summed E-state index contributed by atoms with van der Waals surface area (Å²) in [5.41, 5.74) is -1.31. The fourth-order valence-corrected chi connectivity index (χ4v) is 3.44. The first-order valence-corrected chi connectivity index (χ1v) is 9.82. The number of hydrogen-bond donors (Lipinski definition) is 1. The second-order valence-electron chi connectivity index (χ2n) is 6.99. The normalized spacial score (nSPS) is 11.5. The standard InChI is InChI=1S/C23H15ClF3N3O2/c24-16-9-7-14(8-10-16)13-30-20-15(4-3-11-28-20)12-17(22(30)32)21(31)29-19-6-2-1-5-18(19)23(25,26)27/h1-12H,13H2,(H,29,31). The van der Waals surface area contributed by atoms with Crippen LogP contribution in [0.25, 0.3) is 11.0 Å². The van der Waals surface area contributed by atoms with Gasteiger partial charge in [0.25, 0.3) is 11.5 Å². The molecule has 162 valence electrons. The number of hydrogen-bond acceptors (Lipinski definition) is 3. The lowest BCUT2D eigenvalue weighted by Crippen LogP contribution is -2.30. The van der Waals surface area contributed by atoms with Gasteiger partial charge in [0.1, 0.15) is 11.2 Å². The van der Waals surface area contributed by atoms with Gasteiger partial charge in [0.15, 0.2) is 0 Å². The highest BCUT2D eigenvalue weighted by Crippen LogP contribution is 2.34. The summed E-state index contributed by atoms with van der Waals surface area (Å²) >= 11 is 5.92. The minimum atomic E-state index is -4.66. The molecule has 0 spiro atoms. The van der Waals surface area contributed by atoms with Crippen molar-refractivity contribution in [1.29, 1.82) is 0 Å². The maximum Gasteiger partial charge on any atom is 0.418 e. The van der Waals surface area contributed by atoms with E-state index in [0.717, 1.165) is 17.7 Å². The van der Waals surface area contributed by atoms with E-state index in [1.807, 2.05) is 0 Å². The topological polar surface area (TPSA) is 64.0 Å². The van der Waals surface area contributed by atoms with E-state index >= 15 is 0 Å². The molecule has 0 aliphatic rings. The van der Waals surface area contributed by atoms with Gasteiger partial charge in [-0.15, -0.1) is 0 Å². The average molecular weight is 458 g/mol. The number of nitrogens with zero attached hydrogens (tertiary/aromatic N) is 2. The van der Waals surface area contributed by atoms with Crippen LogP contribution < -0.4 is 10.9 Å². The zero-order chi connectivity index (χ0) is 22.9. The van der Waals surface area contributed by atoms with Crippen molar-refractivity contribution in [2.75, 3.05) is 5.32 Å². The molecule has 0 atom stereocenters. The van der Waals surface area contributed by atoms with Gasteiger partial charge < -0.3 is 5.32 Å². The molecule has 0 bridgehead atoms. The predicted molar refractivity (Wildman–Crippen MR) is 116 cm³/mol. The SMILES string of the molecule is O=C(Nc1ccccc1C(F)(F)F)c1cc2cccnc2n(Cc2ccc(Cl)cc2)c1=O. The highest BCUT2D eigenvalue weighted by Gasteiger charge is 2.33. The fraction of sp³-hybridized carbons (Fsp3) is 0.0870. The molecule has 9 heteroatoms. The summed E-state index contributed by atoms with van der Waals surface area (Å²) in [4.78, 5) is 30.3. The van der Waals surface area contributed by atoms with Crippen LogP contribution in [-0.2, 0) is 12.7 Å². The van der Waals surface area contributed by atoms with E-state index < -0.39 is 28.9 Å². The van der Waals surface area contributed by atoms with Crippen molar-refractivity contribution in [1.82, 2.24) is 9.55 Å². The van der Waals surface area contributed by atoms with Crippen LogP contribution in [0.15, 0.2) is 77.7 Å². The van der Waals surface area contributed by atoms with Gasteiger partial charge in [-0.05, 0) is 48.0 Å². The first-order valence-electron chi connectivity index (χ1n) is 9.44. The Hall–Kier alpha value is -3.65. The Balaban J connectivity index is 1.78. The Morgan fingerprint density at radius 1 is 1.03 bits per heavy atom. The van der Waals surface area contributed by atoms with Crippen molar-refractivity contribution in [3.63, 3.8) is 0 Å². The van der Waals surface area contributed by atoms with Crippen molar-refractivity contribution in [2.24, 2.45) is 0 Å². The van der Waals surface area contributed by atoms with Crippen molar-refractivity contribution in [3.05, 3.63) is 105 Å². The Morgan fingerprint density at radius 3 is 2.47 bits per heavy atom. The largest absolute Gasteiger partial charge is 0.418 e. The molecule has 2 heterocycles. The maximum atomic E-state index is 13.3. The van der Waals surface area contributed by atoms with Gasteiger partial charge in [0.2, 0.25) is 0 Å². The van der Waals surface area contributed by atoms with Crippen LogP contribution in [0.5, 0.6) is 0 Å². The minimum absolute atomic E-state index is 0.101. The Bertz CT molecular complexity index is 1370. The van der Waals surface area contributed by atoms with Gasteiger partial charge >= 0.3 is 6.18 Å². The molecule has 0 fully saturated rings.